The van der Waals surface area contributed by atoms with Crippen molar-refractivity contribution in [2.75, 3.05) is 25.0 Å². The van der Waals surface area contributed by atoms with Crippen LogP contribution < -0.4 is 10.2 Å². The van der Waals surface area contributed by atoms with E-state index in [0.717, 1.165) is 43.6 Å². The van der Waals surface area contributed by atoms with Gasteiger partial charge >= 0.3 is 0 Å². The lowest BCUT2D eigenvalue weighted by molar-refractivity contribution is 0.452. The Kier molecular flexibility index (Phi) is 7.16. The standard InChI is InChI=1S/C17H28N2O/c1-5-7-8-12-19(4)15-9-10-16(17(20)13-15)14(3)18-11-6-2/h5,9-10,13-14,18,20H,1,6-8,11-12H2,2-4H3. The highest BCUT2D eigenvalue weighted by atomic mass is 16.3. The van der Waals surface area contributed by atoms with Crippen LogP contribution in [-0.4, -0.2) is 25.2 Å². The average Bonchev–Trinajstić information content (AvgIpc) is 2.44. The van der Waals surface area contributed by atoms with Crippen LogP contribution >= 0.6 is 0 Å². The molecule has 1 aromatic carbocycles. The molecule has 2 N–H and O–H groups in total. The van der Waals surface area contributed by atoms with Gasteiger partial charge in [-0.3, -0.25) is 0 Å². The summed E-state index contributed by atoms with van der Waals surface area (Å²) in [6, 6.07) is 6.12. The number of hydrogen-bond donors (Lipinski definition) is 2. The van der Waals surface area contributed by atoms with Crippen LogP contribution in [-0.2, 0) is 0 Å². The Morgan fingerprint density at radius 1 is 1.45 bits per heavy atom. The molecule has 0 bridgehead atoms. The molecule has 0 aromatic heterocycles. The molecule has 0 fully saturated rings. The molecule has 3 heteroatoms. The zero-order valence-corrected chi connectivity index (χ0v) is 13.0. The van der Waals surface area contributed by atoms with Crippen molar-refractivity contribution in [3.05, 3.63) is 36.4 Å². The first-order valence-electron chi connectivity index (χ1n) is 7.48. The molecule has 1 unspecified atom stereocenters. The fourth-order valence-corrected chi connectivity index (χ4v) is 2.21. The van der Waals surface area contributed by atoms with Gasteiger partial charge in [0.15, 0.2) is 0 Å². The third-order valence-corrected chi connectivity index (χ3v) is 3.52. The maximum absolute atomic E-state index is 10.2. The monoisotopic (exact) mass is 276 g/mol. The highest BCUT2D eigenvalue weighted by Crippen LogP contribution is 2.28. The van der Waals surface area contributed by atoms with Gasteiger partial charge in [-0.15, -0.1) is 6.58 Å². The highest BCUT2D eigenvalue weighted by Gasteiger charge is 2.11. The largest absolute Gasteiger partial charge is 0.508 e. The summed E-state index contributed by atoms with van der Waals surface area (Å²) in [5.74, 6) is 0.370. The predicted octanol–water partition coefficient (Wildman–Crippen LogP) is 3.86. The quantitative estimate of drug-likeness (QED) is 0.531. The molecule has 20 heavy (non-hydrogen) atoms. The Balaban J connectivity index is 2.69. The molecule has 1 aromatic rings. The summed E-state index contributed by atoms with van der Waals surface area (Å²) >= 11 is 0. The molecule has 0 heterocycles. The lowest BCUT2D eigenvalue weighted by Crippen LogP contribution is -2.20. The second-order valence-corrected chi connectivity index (χ2v) is 5.27. The Hall–Kier alpha value is -1.48. The fourth-order valence-electron chi connectivity index (χ4n) is 2.21. The molecule has 0 amide bonds. The van der Waals surface area contributed by atoms with Crippen LogP contribution in [0, 0.1) is 0 Å². The molecular weight excluding hydrogens is 248 g/mol. The van der Waals surface area contributed by atoms with Crippen LogP contribution in [0.15, 0.2) is 30.9 Å². The van der Waals surface area contributed by atoms with Gasteiger partial charge in [0.2, 0.25) is 0 Å². The number of allylic oxidation sites excluding steroid dienone is 1. The third-order valence-electron chi connectivity index (χ3n) is 3.52. The lowest BCUT2D eigenvalue weighted by atomic mass is 10.1. The first-order valence-corrected chi connectivity index (χ1v) is 7.48. The van der Waals surface area contributed by atoms with Gasteiger partial charge < -0.3 is 15.3 Å². The number of nitrogens with one attached hydrogen (secondary N) is 1. The molecule has 0 aliphatic heterocycles. The van der Waals surface area contributed by atoms with Crippen molar-refractivity contribution in [3.8, 4) is 5.75 Å². The van der Waals surface area contributed by atoms with Crippen molar-refractivity contribution in [3.63, 3.8) is 0 Å². The summed E-state index contributed by atoms with van der Waals surface area (Å²) < 4.78 is 0. The molecule has 1 rings (SSSR count). The van der Waals surface area contributed by atoms with E-state index in [0.29, 0.717) is 5.75 Å². The van der Waals surface area contributed by atoms with Gasteiger partial charge in [0, 0.05) is 37.0 Å². The Morgan fingerprint density at radius 2 is 2.20 bits per heavy atom. The van der Waals surface area contributed by atoms with Crippen LogP contribution in [0.2, 0.25) is 0 Å². The summed E-state index contributed by atoms with van der Waals surface area (Å²) in [6.45, 7) is 9.88. The van der Waals surface area contributed by atoms with E-state index < -0.39 is 0 Å². The van der Waals surface area contributed by atoms with E-state index in [1.54, 1.807) is 0 Å². The number of phenols is 1. The summed E-state index contributed by atoms with van der Waals surface area (Å²) in [6.07, 6.45) is 5.13. The Labute approximate surface area is 123 Å². The molecule has 1 atom stereocenters. The number of hydrogen-bond acceptors (Lipinski definition) is 3. The maximum atomic E-state index is 10.2. The van der Waals surface area contributed by atoms with Gasteiger partial charge in [0.25, 0.3) is 0 Å². The predicted molar refractivity (Wildman–Crippen MR) is 87.5 cm³/mol. The Bertz CT molecular complexity index is 417. The minimum atomic E-state index is 0.176. The maximum Gasteiger partial charge on any atom is 0.122 e. The molecule has 0 aliphatic carbocycles. The summed E-state index contributed by atoms with van der Waals surface area (Å²) in [4.78, 5) is 2.16. The Morgan fingerprint density at radius 3 is 2.80 bits per heavy atom. The van der Waals surface area contributed by atoms with Crippen molar-refractivity contribution in [1.29, 1.82) is 0 Å². The van der Waals surface area contributed by atoms with Crippen LogP contribution in [0.5, 0.6) is 5.75 Å². The SMILES string of the molecule is C=CCCCN(C)c1ccc(C(C)NCCC)c(O)c1. The van der Waals surface area contributed by atoms with Gasteiger partial charge in [-0.2, -0.15) is 0 Å². The molecule has 0 spiro atoms. The zero-order valence-electron chi connectivity index (χ0n) is 13.0. The second-order valence-electron chi connectivity index (χ2n) is 5.27. The highest BCUT2D eigenvalue weighted by molar-refractivity contribution is 5.53. The van der Waals surface area contributed by atoms with E-state index in [9.17, 15) is 5.11 Å². The van der Waals surface area contributed by atoms with Crippen LogP contribution in [0.4, 0.5) is 5.69 Å². The molecule has 0 saturated heterocycles. The minimum Gasteiger partial charge on any atom is -0.508 e. The number of benzene rings is 1. The minimum absolute atomic E-state index is 0.176. The van der Waals surface area contributed by atoms with E-state index in [2.05, 4.69) is 43.8 Å². The number of rotatable bonds is 9. The summed E-state index contributed by atoms with van der Waals surface area (Å²) in [5.41, 5.74) is 2.01. The van der Waals surface area contributed by atoms with E-state index in [-0.39, 0.29) is 6.04 Å². The van der Waals surface area contributed by atoms with Crippen molar-refractivity contribution in [2.45, 2.75) is 39.2 Å². The van der Waals surface area contributed by atoms with Gasteiger partial charge in [-0.25, -0.2) is 0 Å². The van der Waals surface area contributed by atoms with E-state index in [4.69, 9.17) is 0 Å². The van der Waals surface area contributed by atoms with Crippen molar-refractivity contribution in [2.24, 2.45) is 0 Å². The number of nitrogens with zero attached hydrogens (tertiary/aromatic N) is 1. The normalized spacial score (nSPS) is 12.2. The number of aromatic hydroxyl groups is 1. The van der Waals surface area contributed by atoms with Crippen molar-refractivity contribution in [1.82, 2.24) is 5.32 Å². The topological polar surface area (TPSA) is 35.5 Å². The number of phenolic OH excluding ortho intramolecular Hbond substituents is 1. The zero-order chi connectivity index (χ0) is 15.0. The first-order chi connectivity index (χ1) is 9.60. The molecule has 0 radical (unpaired) electrons. The number of anilines is 1. The molecular formula is C17H28N2O. The van der Waals surface area contributed by atoms with E-state index >= 15 is 0 Å². The first kappa shape index (κ1) is 16.6. The number of unbranched alkanes of at least 4 members (excludes halogenated alkanes) is 1. The molecule has 0 saturated carbocycles. The van der Waals surface area contributed by atoms with E-state index in [1.807, 2.05) is 18.2 Å². The van der Waals surface area contributed by atoms with Gasteiger partial charge in [-0.1, -0.05) is 19.1 Å². The van der Waals surface area contributed by atoms with Gasteiger partial charge in [0.1, 0.15) is 5.75 Å². The molecule has 3 nitrogen and oxygen atoms in total. The third kappa shape index (κ3) is 4.89. The summed E-state index contributed by atoms with van der Waals surface area (Å²) in [5, 5.41) is 13.6. The van der Waals surface area contributed by atoms with Crippen molar-refractivity contribution < 1.29 is 5.11 Å². The average molecular weight is 276 g/mol. The van der Waals surface area contributed by atoms with Crippen LogP contribution in [0.1, 0.15) is 44.7 Å². The van der Waals surface area contributed by atoms with Crippen LogP contribution in [0.25, 0.3) is 0 Å². The summed E-state index contributed by atoms with van der Waals surface area (Å²) in [7, 11) is 2.05. The van der Waals surface area contributed by atoms with E-state index in [1.165, 1.54) is 0 Å². The van der Waals surface area contributed by atoms with Gasteiger partial charge in [-0.05, 0) is 38.8 Å². The molecule has 0 aliphatic rings. The van der Waals surface area contributed by atoms with Crippen LogP contribution in [0.3, 0.4) is 0 Å². The second kappa shape index (κ2) is 8.64. The smallest absolute Gasteiger partial charge is 0.122 e. The fraction of sp³-hybridized carbons (Fsp3) is 0.529. The molecule has 112 valence electrons. The lowest BCUT2D eigenvalue weighted by Gasteiger charge is -2.21. The van der Waals surface area contributed by atoms with Gasteiger partial charge in [0.05, 0.1) is 0 Å². The van der Waals surface area contributed by atoms with Crippen molar-refractivity contribution >= 4 is 5.69 Å².